The Hall–Kier alpha value is -0.440. The van der Waals surface area contributed by atoms with Crippen molar-refractivity contribution >= 4 is 24.0 Å². The van der Waals surface area contributed by atoms with Gasteiger partial charge in [0.15, 0.2) is 0 Å². The molecule has 0 aliphatic rings. The summed E-state index contributed by atoms with van der Waals surface area (Å²) in [5.41, 5.74) is 7.93. The van der Waals surface area contributed by atoms with Crippen molar-refractivity contribution in [1.82, 2.24) is 0 Å². The van der Waals surface area contributed by atoms with Crippen LogP contribution >= 0.6 is 24.0 Å². The molecule has 0 saturated heterocycles. The van der Waals surface area contributed by atoms with E-state index in [4.69, 9.17) is 22.1 Å². The molecule has 0 bridgehead atoms. The maximum absolute atomic E-state index is 6.05. The summed E-state index contributed by atoms with van der Waals surface area (Å²) in [5.74, 6) is 0.750. The Morgan fingerprint density at radius 1 is 1.47 bits per heavy atom. The molecule has 4 heteroatoms. The van der Waals surface area contributed by atoms with Gasteiger partial charge in [-0.05, 0) is 37.5 Å². The van der Waals surface area contributed by atoms with Gasteiger partial charge in [0, 0.05) is 6.04 Å². The van der Waals surface area contributed by atoms with E-state index in [-0.39, 0.29) is 18.4 Å². The number of nitrogens with two attached hydrogens (primary N) is 1. The van der Waals surface area contributed by atoms with Crippen molar-refractivity contribution in [3.8, 4) is 5.75 Å². The third-order valence-electron chi connectivity index (χ3n) is 2.05. The van der Waals surface area contributed by atoms with E-state index in [0.29, 0.717) is 5.02 Å². The van der Waals surface area contributed by atoms with Crippen LogP contribution in [-0.4, -0.2) is 13.2 Å². The highest BCUT2D eigenvalue weighted by Gasteiger charge is 2.07. The van der Waals surface area contributed by atoms with E-state index < -0.39 is 0 Å². The Balaban J connectivity index is 0.00000196. The van der Waals surface area contributed by atoms with Crippen LogP contribution in [0.4, 0.5) is 0 Å². The molecular weight excluding hydrogens is 233 g/mol. The van der Waals surface area contributed by atoms with Crippen molar-refractivity contribution in [1.29, 1.82) is 0 Å². The van der Waals surface area contributed by atoms with Gasteiger partial charge in [-0.1, -0.05) is 17.7 Å². The predicted octanol–water partition coefficient (Wildman–Crippen LogP) is 2.97. The zero-order valence-corrected chi connectivity index (χ0v) is 10.8. The zero-order chi connectivity index (χ0) is 10.7. The van der Waals surface area contributed by atoms with Gasteiger partial charge in [-0.3, -0.25) is 0 Å². The van der Waals surface area contributed by atoms with Gasteiger partial charge in [0.2, 0.25) is 0 Å². The van der Waals surface area contributed by atoms with Crippen LogP contribution in [0.25, 0.3) is 0 Å². The molecular formula is C11H17Cl2NO. The van der Waals surface area contributed by atoms with Gasteiger partial charge in [0.05, 0.1) is 12.1 Å². The van der Waals surface area contributed by atoms with Crippen molar-refractivity contribution in [2.45, 2.75) is 26.3 Å². The summed E-state index contributed by atoms with van der Waals surface area (Å²) in [4.78, 5) is 0. The Labute approximate surface area is 102 Å². The van der Waals surface area contributed by atoms with Crippen LogP contribution in [0.5, 0.6) is 5.75 Å². The van der Waals surface area contributed by atoms with Crippen molar-refractivity contribution in [2.24, 2.45) is 5.73 Å². The van der Waals surface area contributed by atoms with Gasteiger partial charge in [-0.2, -0.15) is 0 Å². The van der Waals surface area contributed by atoms with Crippen molar-refractivity contribution < 1.29 is 4.74 Å². The standard InChI is InChI=1S/C11H16ClNO.ClH/c1-7-4-9(5-8(2)13)6-10(12)11(7)14-3;/h4,6,8H,5,13H2,1-3H3;1H. The molecule has 0 aliphatic heterocycles. The Bertz CT molecular complexity index is 303. The highest BCUT2D eigenvalue weighted by Crippen LogP contribution is 2.29. The third-order valence-corrected chi connectivity index (χ3v) is 2.33. The third kappa shape index (κ3) is 3.90. The van der Waals surface area contributed by atoms with Gasteiger partial charge < -0.3 is 10.5 Å². The highest BCUT2D eigenvalue weighted by molar-refractivity contribution is 6.32. The van der Waals surface area contributed by atoms with Crippen LogP contribution in [0.2, 0.25) is 5.02 Å². The van der Waals surface area contributed by atoms with E-state index in [1.54, 1.807) is 7.11 Å². The first kappa shape index (κ1) is 14.6. The molecule has 1 aromatic carbocycles. The van der Waals surface area contributed by atoms with Crippen molar-refractivity contribution in [3.63, 3.8) is 0 Å². The minimum absolute atomic E-state index is 0. The van der Waals surface area contributed by atoms with Gasteiger partial charge in [0.1, 0.15) is 5.75 Å². The smallest absolute Gasteiger partial charge is 0.140 e. The molecule has 1 aromatic rings. The summed E-state index contributed by atoms with van der Waals surface area (Å²) in [6.07, 6.45) is 0.838. The molecule has 0 spiro atoms. The minimum atomic E-state index is 0. The van der Waals surface area contributed by atoms with E-state index in [1.165, 1.54) is 0 Å². The second-order valence-corrected chi connectivity index (χ2v) is 4.02. The second kappa shape index (κ2) is 6.21. The molecule has 15 heavy (non-hydrogen) atoms. The fourth-order valence-electron chi connectivity index (χ4n) is 1.55. The second-order valence-electron chi connectivity index (χ2n) is 3.61. The van der Waals surface area contributed by atoms with E-state index in [9.17, 15) is 0 Å². The number of hydrogen-bond acceptors (Lipinski definition) is 2. The first-order valence-corrected chi connectivity index (χ1v) is 5.01. The molecule has 2 N–H and O–H groups in total. The van der Waals surface area contributed by atoms with Crippen LogP contribution in [0, 0.1) is 6.92 Å². The minimum Gasteiger partial charge on any atom is -0.495 e. The number of ether oxygens (including phenoxy) is 1. The quantitative estimate of drug-likeness (QED) is 0.895. The van der Waals surface area contributed by atoms with Crippen LogP contribution in [0.3, 0.4) is 0 Å². The topological polar surface area (TPSA) is 35.2 Å². The zero-order valence-electron chi connectivity index (χ0n) is 9.21. The first-order chi connectivity index (χ1) is 6.54. The fourth-order valence-corrected chi connectivity index (χ4v) is 1.92. The predicted molar refractivity (Wildman–Crippen MR) is 67.3 cm³/mol. The van der Waals surface area contributed by atoms with Crippen LogP contribution in [0.1, 0.15) is 18.1 Å². The van der Waals surface area contributed by atoms with Gasteiger partial charge >= 0.3 is 0 Å². The SMILES string of the molecule is COc1c(C)cc(CC(C)N)cc1Cl.Cl. The molecule has 0 amide bonds. The van der Waals surface area contributed by atoms with Crippen molar-refractivity contribution in [2.75, 3.05) is 7.11 Å². The molecule has 1 unspecified atom stereocenters. The van der Waals surface area contributed by atoms with Crippen LogP contribution in [-0.2, 0) is 6.42 Å². The molecule has 0 saturated carbocycles. The van der Waals surface area contributed by atoms with Crippen LogP contribution in [0.15, 0.2) is 12.1 Å². The molecule has 1 rings (SSSR count). The maximum Gasteiger partial charge on any atom is 0.140 e. The number of hydrogen-bond donors (Lipinski definition) is 1. The lowest BCUT2D eigenvalue weighted by Crippen LogP contribution is -2.17. The number of benzene rings is 1. The van der Waals surface area contributed by atoms with E-state index >= 15 is 0 Å². The molecule has 1 atom stereocenters. The van der Waals surface area contributed by atoms with Crippen molar-refractivity contribution in [3.05, 3.63) is 28.3 Å². The average Bonchev–Trinajstić information content (AvgIpc) is 2.01. The Kier molecular flexibility index (Phi) is 6.03. The average molecular weight is 250 g/mol. The van der Waals surface area contributed by atoms with Gasteiger partial charge in [-0.25, -0.2) is 0 Å². The Morgan fingerprint density at radius 3 is 2.47 bits per heavy atom. The van der Waals surface area contributed by atoms with E-state index in [1.807, 2.05) is 19.9 Å². The Morgan fingerprint density at radius 2 is 2.07 bits per heavy atom. The molecule has 86 valence electrons. The molecule has 0 aliphatic carbocycles. The number of rotatable bonds is 3. The number of aryl methyl sites for hydroxylation is 1. The summed E-state index contributed by atoms with van der Waals surface area (Å²) in [5, 5.41) is 0.656. The molecule has 0 heterocycles. The normalized spacial score (nSPS) is 11.8. The summed E-state index contributed by atoms with van der Waals surface area (Å²) in [7, 11) is 1.62. The van der Waals surface area contributed by atoms with E-state index in [2.05, 4.69) is 6.07 Å². The summed E-state index contributed by atoms with van der Waals surface area (Å²) in [6.45, 7) is 3.96. The number of methoxy groups -OCH3 is 1. The van der Waals surface area contributed by atoms with Gasteiger partial charge in [0.25, 0.3) is 0 Å². The highest BCUT2D eigenvalue weighted by atomic mass is 35.5. The molecule has 2 nitrogen and oxygen atoms in total. The largest absolute Gasteiger partial charge is 0.495 e. The molecule has 0 fully saturated rings. The number of halogens is 2. The fraction of sp³-hybridized carbons (Fsp3) is 0.455. The van der Waals surface area contributed by atoms with Gasteiger partial charge in [-0.15, -0.1) is 12.4 Å². The first-order valence-electron chi connectivity index (χ1n) is 4.63. The lowest BCUT2D eigenvalue weighted by atomic mass is 10.0. The monoisotopic (exact) mass is 249 g/mol. The maximum atomic E-state index is 6.05. The lowest BCUT2D eigenvalue weighted by Gasteiger charge is -2.11. The summed E-state index contributed by atoms with van der Waals surface area (Å²) >= 11 is 6.05. The summed E-state index contributed by atoms with van der Waals surface area (Å²) < 4.78 is 5.17. The molecule has 0 radical (unpaired) electrons. The summed E-state index contributed by atoms with van der Waals surface area (Å²) in [6, 6.07) is 4.13. The van der Waals surface area contributed by atoms with Crippen LogP contribution < -0.4 is 10.5 Å². The molecule has 0 aromatic heterocycles. The lowest BCUT2D eigenvalue weighted by molar-refractivity contribution is 0.411. The van der Waals surface area contributed by atoms with E-state index in [0.717, 1.165) is 23.3 Å².